The van der Waals surface area contributed by atoms with E-state index in [1.165, 1.54) is 0 Å². The third kappa shape index (κ3) is 7.13. The fourth-order valence-electron chi connectivity index (χ4n) is 1.39. The Morgan fingerprint density at radius 2 is 1.72 bits per heavy atom. The Labute approximate surface area is 104 Å². The average molecular weight is 269 g/mol. The first-order valence-electron chi connectivity index (χ1n) is 5.86. The molecule has 0 aliphatic rings. The average Bonchev–Trinajstić information content (AvgIpc) is 2.25. The second-order valence-corrected chi connectivity index (χ2v) is 4.00. The van der Waals surface area contributed by atoms with Crippen molar-refractivity contribution >= 4 is 11.9 Å². The van der Waals surface area contributed by atoms with E-state index < -0.39 is 24.2 Å². The van der Waals surface area contributed by atoms with Crippen LogP contribution in [0.4, 0.5) is 13.2 Å². The Morgan fingerprint density at radius 1 is 1.17 bits per heavy atom. The van der Waals surface area contributed by atoms with Crippen molar-refractivity contribution in [1.82, 2.24) is 0 Å². The third-order valence-electron chi connectivity index (χ3n) is 2.37. The van der Waals surface area contributed by atoms with Crippen LogP contribution in [0.15, 0.2) is 0 Å². The van der Waals surface area contributed by atoms with E-state index in [0.29, 0.717) is 6.42 Å². The molecule has 0 aromatic rings. The summed E-state index contributed by atoms with van der Waals surface area (Å²) in [6, 6.07) is 0. The van der Waals surface area contributed by atoms with Gasteiger partial charge in [0.2, 0.25) is 0 Å². The molecule has 4 nitrogen and oxygen atoms in total. The van der Waals surface area contributed by atoms with Crippen LogP contribution in [-0.2, 0) is 14.3 Å². The van der Waals surface area contributed by atoms with Crippen molar-refractivity contribution in [3.05, 3.63) is 0 Å². The Morgan fingerprint density at radius 3 is 2.17 bits per heavy atom. The number of carbonyl (C=O) groups excluding carboxylic acids is 2. The van der Waals surface area contributed by atoms with Gasteiger partial charge < -0.3 is 10.5 Å². The van der Waals surface area contributed by atoms with Gasteiger partial charge in [-0.2, -0.15) is 13.2 Å². The minimum atomic E-state index is -5.10. The van der Waals surface area contributed by atoms with Gasteiger partial charge in [0.1, 0.15) is 0 Å². The largest absolute Gasteiger partial charge is 0.490 e. The molecule has 0 saturated carbocycles. The first kappa shape index (κ1) is 16.7. The van der Waals surface area contributed by atoms with E-state index in [4.69, 9.17) is 5.73 Å². The molecule has 0 aliphatic carbocycles. The number of hydrogen-bond donors (Lipinski definition) is 1. The Hall–Kier alpha value is -1.27. The van der Waals surface area contributed by atoms with Crippen molar-refractivity contribution < 1.29 is 27.5 Å². The highest BCUT2D eigenvalue weighted by Crippen LogP contribution is 2.19. The third-order valence-corrected chi connectivity index (χ3v) is 2.37. The van der Waals surface area contributed by atoms with Gasteiger partial charge in [0.25, 0.3) is 5.91 Å². The molecule has 1 unspecified atom stereocenters. The highest BCUT2D eigenvalue weighted by molar-refractivity contribution is 5.83. The predicted octanol–water partition coefficient (Wildman–Crippen LogP) is 2.31. The van der Waals surface area contributed by atoms with Crippen LogP contribution < -0.4 is 5.73 Å². The summed E-state index contributed by atoms with van der Waals surface area (Å²) in [6.45, 7) is 2.03. The SMILES string of the molecule is CCCCCCCC(OC(=O)C(F)(F)F)C(N)=O. The van der Waals surface area contributed by atoms with Gasteiger partial charge in [-0.05, 0) is 12.8 Å². The van der Waals surface area contributed by atoms with Crippen LogP contribution in [0.3, 0.4) is 0 Å². The van der Waals surface area contributed by atoms with Crippen LogP contribution in [-0.4, -0.2) is 24.2 Å². The number of alkyl halides is 3. The van der Waals surface area contributed by atoms with Crippen molar-refractivity contribution in [2.45, 2.75) is 57.7 Å². The van der Waals surface area contributed by atoms with Gasteiger partial charge in [0, 0.05) is 0 Å². The van der Waals surface area contributed by atoms with Gasteiger partial charge in [0.15, 0.2) is 6.10 Å². The molecule has 0 fully saturated rings. The van der Waals surface area contributed by atoms with E-state index in [0.717, 1.165) is 25.7 Å². The van der Waals surface area contributed by atoms with Crippen LogP contribution in [0, 0.1) is 0 Å². The number of nitrogens with two attached hydrogens (primary N) is 1. The van der Waals surface area contributed by atoms with Crippen LogP contribution in [0.25, 0.3) is 0 Å². The molecule has 7 heteroatoms. The molecular weight excluding hydrogens is 251 g/mol. The summed E-state index contributed by atoms with van der Waals surface area (Å²) in [5.74, 6) is -3.43. The summed E-state index contributed by atoms with van der Waals surface area (Å²) in [4.78, 5) is 21.4. The molecule has 0 aromatic carbocycles. The molecule has 0 aromatic heterocycles. The zero-order valence-corrected chi connectivity index (χ0v) is 10.3. The Balaban J connectivity index is 4.09. The number of primary amides is 1. The lowest BCUT2D eigenvalue weighted by Gasteiger charge is -2.15. The van der Waals surface area contributed by atoms with E-state index >= 15 is 0 Å². The van der Waals surface area contributed by atoms with E-state index in [1.54, 1.807) is 0 Å². The Bertz CT molecular complexity index is 279. The normalized spacial score (nSPS) is 13.1. The molecule has 0 aliphatic heterocycles. The van der Waals surface area contributed by atoms with Crippen LogP contribution >= 0.6 is 0 Å². The lowest BCUT2D eigenvalue weighted by atomic mass is 10.1. The molecule has 0 bridgehead atoms. The molecule has 0 rings (SSSR count). The number of hydrogen-bond acceptors (Lipinski definition) is 3. The number of rotatable bonds is 8. The van der Waals surface area contributed by atoms with Gasteiger partial charge in [-0.15, -0.1) is 0 Å². The summed E-state index contributed by atoms with van der Waals surface area (Å²) in [5.41, 5.74) is 4.89. The van der Waals surface area contributed by atoms with Crippen LogP contribution in [0.5, 0.6) is 0 Å². The first-order chi connectivity index (χ1) is 8.29. The highest BCUT2D eigenvalue weighted by atomic mass is 19.4. The summed E-state index contributed by atoms with van der Waals surface area (Å²) >= 11 is 0. The summed E-state index contributed by atoms with van der Waals surface area (Å²) in [7, 11) is 0. The van der Waals surface area contributed by atoms with Crippen molar-refractivity contribution in [2.24, 2.45) is 5.73 Å². The van der Waals surface area contributed by atoms with Crippen LogP contribution in [0.2, 0.25) is 0 Å². The summed E-state index contributed by atoms with van der Waals surface area (Å²) in [6.07, 6.45) is -2.33. The Kier molecular flexibility index (Phi) is 7.38. The fourth-order valence-corrected chi connectivity index (χ4v) is 1.39. The molecule has 18 heavy (non-hydrogen) atoms. The predicted molar refractivity (Wildman–Crippen MR) is 58.5 cm³/mol. The molecule has 0 radical (unpaired) electrons. The molecular formula is C11H18F3NO3. The van der Waals surface area contributed by atoms with Crippen molar-refractivity contribution in [2.75, 3.05) is 0 Å². The lowest BCUT2D eigenvalue weighted by Crippen LogP contribution is -2.37. The zero-order chi connectivity index (χ0) is 14.2. The molecule has 1 atom stereocenters. The van der Waals surface area contributed by atoms with Gasteiger partial charge >= 0.3 is 12.1 Å². The van der Waals surface area contributed by atoms with E-state index in [2.05, 4.69) is 4.74 Å². The molecule has 1 amide bonds. The minimum Gasteiger partial charge on any atom is -0.446 e. The maximum absolute atomic E-state index is 11.9. The number of ether oxygens (including phenoxy) is 1. The number of unbranched alkanes of at least 4 members (excludes halogenated alkanes) is 4. The van der Waals surface area contributed by atoms with Gasteiger partial charge in [-0.25, -0.2) is 4.79 Å². The quantitative estimate of drug-likeness (QED) is 0.543. The molecule has 2 N–H and O–H groups in total. The van der Waals surface area contributed by atoms with Gasteiger partial charge in [0.05, 0.1) is 0 Å². The van der Waals surface area contributed by atoms with E-state index in [9.17, 15) is 22.8 Å². The summed E-state index contributed by atoms with van der Waals surface area (Å²) in [5, 5.41) is 0. The van der Waals surface area contributed by atoms with Crippen molar-refractivity contribution in [3.8, 4) is 0 Å². The maximum atomic E-state index is 11.9. The second-order valence-electron chi connectivity index (χ2n) is 4.00. The number of carbonyl (C=O) groups is 2. The lowest BCUT2D eigenvalue weighted by molar-refractivity contribution is -0.205. The number of amides is 1. The summed E-state index contributed by atoms with van der Waals surface area (Å²) < 4.78 is 39.8. The first-order valence-corrected chi connectivity index (χ1v) is 5.86. The number of halogens is 3. The number of esters is 1. The molecule has 0 heterocycles. The highest BCUT2D eigenvalue weighted by Gasteiger charge is 2.42. The smallest absolute Gasteiger partial charge is 0.446 e. The van der Waals surface area contributed by atoms with E-state index in [1.807, 2.05) is 6.92 Å². The monoisotopic (exact) mass is 269 g/mol. The van der Waals surface area contributed by atoms with Crippen molar-refractivity contribution in [1.29, 1.82) is 0 Å². The molecule has 106 valence electrons. The zero-order valence-electron chi connectivity index (χ0n) is 10.3. The fraction of sp³-hybridized carbons (Fsp3) is 0.818. The maximum Gasteiger partial charge on any atom is 0.490 e. The second kappa shape index (κ2) is 7.94. The molecule has 0 spiro atoms. The molecule has 0 saturated heterocycles. The van der Waals surface area contributed by atoms with Crippen LogP contribution in [0.1, 0.15) is 45.4 Å². The van der Waals surface area contributed by atoms with E-state index in [-0.39, 0.29) is 6.42 Å². The minimum absolute atomic E-state index is 0.0286. The standard InChI is InChI=1S/C11H18F3NO3/c1-2-3-4-5-6-7-8(9(15)16)18-10(17)11(12,13)14/h8H,2-7H2,1H3,(H2,15,16). The topological polar surface area (TPSA) is 69.4 Å². The van der Waals surface area contributed by atoms with Crippen molar-refractivity contribution in [3.63, 3.8) is 0 Å². The van der Waals surface area contributed by atoms with Gasteiger partial charge in [-0.3, -0.25) is 4.79 Å². The van der Waals surface area contributed by atoms with Gasteiger partial charge in [-0.1, -0.05) is 32.6 Å².